The van der Waals surface area contributed by atoms with E-state index in [0.717, 1.165) is 5.56 Å². The molecule has 0 bridgehead atoms. The number of nitrogens with one attached hydrogen (secondary N) is 2. The van der Waals surface area contributed by atoms with Crippen LogP contribution in [0.3, 0.4) is 0 Å². The molecule has 0 saturated carbocycles. The average molecular weight is 548 g/mol. The number of rotatable bonds is 9. The molecule has 0 aliphatic heterocycles. The van der Waals surface area contributed by atoms with Crippen molar-refractivity contribution in [3.63, 3.8) is 0 Å². The Labute approximate surface area is 234 Å². The van der Waals surface area contributed by atoms with Crippen LogP contribution in [0.4, 0.5) is 10.5 Å². The summed E-state index contributed by atoms with van der Waals surface area (Å²) >= 11 is 0. The van der Waals surface area contributed by atoms with Crippen molar-refractivity contribution in [3.05, 3.63) is 89.5 Å². The summed E-state index contributed by atoms with van der Waals surface area (Å²) in [5.74, 6) is -1.15. The summed E-state index contributed by atoms with van der Waals surface area (Å²) in [4.78, 5) is 42.0. The minimum absolute atomic E-state index is 0.0643. The molecule has 40 heavy (non-hydrogen) atoms. The van der Waals surface area contributed by atoms with Gasteiger partial charge in [0.25, 0.3) is 5.91 Å². The molecular formula is C31H37N3O6. The van der Waals surface area contributed by atoms with Crippen LogP contribution in [0.1, 0.15) is 50.4 Å². The molecule has 0 fully saturated rings. The molecule has 9 heteroatoms. The largest absolute Gasteiger partial charge is 0.508 e. The first-order valence-corrected chi connectivity index (χ1v) is 13.1. The summed E-state index contributed by atoms with van der Waals surface area (Å²) in [6, 6.07) is 17.5. The number of carbonyl (C=O) groups is 3. The molecule has 0 heterocycles. The van der Waals surface area contributed by atoms with Crippen molar-refractivity contribution in [1.29, 1.82) is 0 Å². The number of carbonyl (C=O) groups excluding carboxylic acids is 3. The van der Waals surface area contributed by atoms with Crippen LogP contribution in [0.25, 0.3) is 0 Å². The molecule has 3 aromatic carbocycles. The Balaban J connectivity index is 2.02. The molecule has 2 atom stereocenters. The molecule has 9 nitrogen and oxygen atoms in total. The van der Waals surface area contributed by atoms with Gasteiger partial charge in [0.15, 0.2) is 0 Å². The van der Waals surface area contributed by atoms with E-state index in [1.807, 2.05) is 19.1 Å². The third kappa shape index (κ3) is 7.99. The number of anilines is 1. The summed E-state index contributed by atoms with van der Waals surface area (Å²) in [5, 5.41) is 26.0. The molecule has 212 valence electrons. The second kappa shape index (κ2) is 13.0. The van der Waals surface area contributed by atoms with E-state index in [4.69, 9.17) is 4.74 Å². The Morgan fingerprint density at radius 3 is 2.15 bits per heavy atom. The first kappa shape index (κ1) is 30.0. The standard InChI is InChI=1S/C31H37N3O6/c1-6-34(27(23-12-8-10-14-26(23)36)28(37)32-24-13-9-7-11-20(24)2)29(38)25(33-30(39)40-31(3,4)5)19-21-15-17-22(35)18-16-21/h7-18,25,27,35-36H,6,19H2,1-5H3,(H,32,37)(H,33,39). The molecule has 0 aliphatic carbocycles. The number of likely N-dealkylation sites (N-methyl/N-ethyl adjacent to an activating group) is 1. The van der Waals surface area contributed by atoms with Gasteiger partial charge in [0.1, 0.15) is 29.2 Å². The molecule has 3 rings (SSSR count). The van der Waals surface area contributed by atoms with Gasteiger partial charge in [-0.2, -0.15) is 0 Å². The van der Waals surface area contributed by atoms with Crippen molar-refractivity contribution in [1.82, 2.24) is 10.2 Å². The fraction of sp³-hybridized carbons (Fsp3) is 0.323. The van der Waals surface area contributed by atoms with Gasteiger partial charge in [-0.25, -0.2) is 4.79 Å². The number of alkyl carbamates (subject to hydrolysis) is 1. The summed E-state index contributed by atoms with van der Waals surface area (Å²) < 4.78 is 5.41. The zero-order chi connectivity index (χ0) is 29.4. The Hall–Kier alpha value is -4.53. The third-order valence-corrected chi connectivity index (χ3v) is 6.18. The maximum Gasteiger partial charge on any atom is 0.408 e. The fourth-order valence-electron chi connectivity index (χ4n) is 4.27. The molecule has 4 N–H and O–H groups in total. The number of nitrogens with zero attached hydrogens (tertiary/aromatic N) is 1. The first-order valence-electron chi connectivity index (χ1n) is 13.1. The molecule has 0 aromatic heterocycles. The lowest BCUT2D eigenvalue weighted by Gasteiger charge is -2.34. The quantitative estimate of drug-likeness (QED) is 0.296. The Kier molecular flexibility index (Phi) is 9.77. The van der Waals surface area contributed by atoms with Crippen molar-refractivity contribution in [3.8, 4) is 11.5 Å². The topological polar surface area (TPSA) is 128 Å². The minimum Gasteiger partial charge on any atom is -0.508 e. The van der Waals surface area contributed by atoms with Gasteiger partial charge in [0, 0.05) is 24.2 Å². The van der Waals surface area contributed by atoms with Crippen molar-refractivity contribution in [2.75, 3.05) is 11.9 Å². The van der Waals surface area contributed by atoms with Crippen molar-refractivity contribution in [2.45, 2.75) is 58.7 Å². The van der Waals surface area contributed by atoms with Crippen molar-refractivity contribution < 1.29 is 29.3 Å². The summed E-state index contributed by atoms with van der Waals surface area (Å²) in [6.07, 6.45) is -0.717. The maximum absolute atomic E-state index is 14.1. The van der Waals surface area contributed by atoms with E-state index in [9.17, 15) is 24.6 Å². The Bertz CT molecular complexity index is 1330. The van der Waals surface area contributed by atoms with Gasteiger partial charge in [0.2, 0.25) is 5.91 Å². The van der Waals surface area contributed by atoms with Crippen LogP contribution in [0.15, 0.2) is 72.8 Å². The van der Waals surface area contributed by atoms with Gasteiger partial charge in [-0.15, -0.1) is 0 Å². The Morgan fingerprint density at radius 2 is 1.55 bits per heavy atom. The molecule has 0 saturated heterocycles. The third-order valence-electron chi connectivity index (χ3n) is 6.18. The SMILES string of the molecule is CCN(C(=O)C(Cc1ccc(O)cc1)NC(=O)OC(C)(C)C)C(C(=O)Nc1ccccc1C)c1ccccc1O. The van der Waals surface area contributed by atoms with Gasteiger partial charge in [-0.05, 0) is 70.0 Å². The maximum atomic E-state index is 14.1. The highest BCUT2D eigenvalue weighted by atomic mass is 16.6. The van der Waals surface area contributed by atoms with Crippen LogP contribution < -0.4 is 10.6 Å². The second-order valence-corrected chi connectivity index (χ2v) is 10.5. The predicted molar refractivity (Wildman–Crippen MR) is 153 cm³/mol. The predicted octanol–water partition coefficient (Wildman–Crippen LogP) is 5.07. The number of hydrogen-bond donors (Lipinski definition) is 4. The van der Waals surface area contributed by atoms with Gasteiger partial charge in [0.05, 0.1) is 0 Å². The van der Waals surface area contributed by atoms with E-state index in [1.165, 1.54) is 23.1 Å². The normalized spacial score (nSPS) is 12.6. The molecule has 0 aliphatic rings. The fourth-order valence-corrected chi connectivity index (χ4v) is 4.27. The van der Waals surface area contributed by atoms with E-state index in [-0.39, 0.29) is 30.0 Å². The summed E-state index contributed by atoms with van der Waals surface area (Å²) in [6.45, 7) is 8.81. The number of benzene rings is 3. The van der Waals surface area contributed by atoms with Crippen LogP contribution in [0.5, 0.6) is 11.5 Å². The molecule has 3 amide bonds. The molecular weight excluding hydrogens is 510 g/mol. The lowest BCUT2D eigenvalue weighted by atomic mass is 9.99. The lowest BCUT2D eigenvalue weighted by Crippen LogP contribution is -2.53. The van der Waals surface area contributed by atoms with Gasteiger partial charge in [-0.1, -0.05) is 48.5 Å². The zero-order valence-corrected chi connectivity index (χ0v) is 23.5. The Morgan fingerprint density at radius 1 is 0.925 bits per heavy atom. The highest BCUT2D eigenvalue weighted by Crippen LogP contribution is 2.31. The van der Waals surface area contributed by atoms with Gasteiger partial charge >= 0.3 is 6.09 Å². The molecule has 3 aromatic rings. The monoisotopic (exact) mass is 547 g/mol. The van der Waals surface area contributed by atoms with Crippen LogP contribution in [0.2, 0.25) is 0 Å². The van der Waals surface area contributed by atoms with E-state index >= 15 is 0 Å². The zero-order valence-electron chi connectivity index (χ0n) is 23.5. The molecule has 2 unspecified atom stereocenters. The number of phenolic OH excluding ortho intramolecular Hbond substituents is 2. The summed E-state index contributed by atoms with van der Waals surface area (Å²) in [7, 11) is 0. The number of phenols is 2. The number of aromatic hydroxyl groups is 2. The summed E-state index contributed by atoms with van der Waals surface area (Å²) in [5.41, 5.74) is 1.52. The van der Waals surface area contributed by atoms with Crippen LogP contribution in [-0.2, 0) is 20.7 Å². The second-order valence-electron chi connectivity index (χ2n) is 10.5. The number of amides is 3. The first-order chi connectivity index (χ1) is 18.9. The number of ether oxygens (including phenoxy) is 1. The lowest BCUT2D eigenvalue weighted by molar-refractivity contribution is -0.140. The highest BCUT2D eigenvalue weighted by molar-refractivity contribution is 5.99. The van der Waals surface area contributed by atoms with Gasteiger partial charge in [-0.3, -0.25) is 9.59 Å². The number of para-hydroxylation sites is 2. The van der Waals surface area contributed by atoms with Crippen LogP contribution >= 0.6 is 0 Å². The van der Waals surface area contributed by atoms with Gasteiger partial charge < -0.3 is 30.5 Å². The highest BCUT2D eigenvalue weighted by Gasteiger charge is 2.37. The van der Waals surface area contributed by atoms with Crippen molar-refractivity contribution >= 4 is 23.6 Å². The average Bonchev–Trinajstić information content (AvgIpc) is 2.88. The van der Waals surface area contributed by atoms with E-state index < -0.39 is 35.6 Å². The smallest absolute Gasteiger partial charge is 0.408 e. The molecule has 0 radical (unpaired) electrons. The van der Waals surface area contributed by atoms with E-state index in [2.05, 4.69) is 10.6 Å². The number of aryl methyl sites for hydroxylation is 1. The van der Waals surface area contributed by atoms with Crippen LogP contribution in [-0.4, -0.2) is 51.2 Å². The van der Waals surface area contributed by atoms with Crippen molar-refractivity contribution in [2.24, 2.45) is 0 Å². The molecule has 0 spiro atoms. The minimum atomic E-state index is -1.21. The van der Waals surface area contributed by atoms with Crippen LogP contribution in [0, 0.1) is 6.92 Å². The van der Waals surface area contributed by atoms with E-state index in [0.29, 0.717) is 11.3 Å². The van der Waals surface area contributed by atoms with E-state index in [1.54, 1.807) is 70.2 Å². The number of hydrogen-bond acceptors (Lipinski definition) is 6.